The highest BCUT2D eigenvalue weighted by Gasteiger charge is 2.10. The molecule has 0 radical (unpaired) electrons. The number of carbonyl (C=O) groups is 1. The normalized spacial score (nSPS) is 10.7. The standard InChI is InChI=1S/C16H15N5O2/c1-2-9-3-4-18-7-11(9)13-5-10-6-14(21-16(22)23)19-8-12(10)15(17)20-13/h3-8H,2H2,1H3,(H2,17,20)(H,19,21)(H,22,23). The van der Waals surface area contributed by atoms with Gasteiger partial charge in [-0.3, -0.25) is 10.3 Å². The van der Waals surface area contributed by atoms with Crippen LogP contribution in [-0.4, -0.2) is 26.2 Å². The summed E-state index contributed by atoms with van der Waals surface area (Å²) in [7, 11) is 0. The Balaban J connectivity index is 2.17. The van der Waals surface area contributed by atoms with Crippen molar-refractivity contribution in [2.24, 2.45) is 0 Å². The summed E-state index contributed by atoms with van der Waals surface area (Å²) in [5.74, 6) is 0.584. The van der Waals surface area contributed by atoms with Crippen molar-refractivity contribution in [3.63, 3.8) is 0 Å². The molecule has 0 aromatic carbocycles. The van der Waals surface area contributed by atoms with Crippen LogP contribution in [-0.2, 0) is 6.42 Å². The first-order valence-corrected chi connectivity index (χ1v) is 7.08. The molecule has 3 heterocycles. The molecule has 0 atom stereocenters. The highest BCUT2D eigenvalue weighted by Crippen LogP contribution is 2.28. The lowest BCUT2D eigenvalue weighted by Crippen LogP contribution is -2.08. The summed E-state index contributed by atoms with van der Waals surface area (Å²) in [5.41, 5.74) is 8.76. The van der Waals surface area contributed by atoms with Crippen LogP contribution in [0.25, 0.3) is 22.0 Å². The summed E-state index contributed by atoms with van der Waals surface area (Å²) in [5, 5.41) is 12.5. The average molecular weight is 309 g/mol. The van der Waals surface area contributed by atoms with Crippen molar-refractivity contribution in [2.45, 2.75) is 13.3 Å². The molecule has 3 aromatic rings. The van der Waals surface area contributed by atoms with Crippen LogP contribution < -0.4 is 11.1 Å². The summed E-state index contributed by atoms with van der Waals surface area (Å²) in [4.78, 5) is 23.4. The molecule has 7 heteroatoms. The van der Waals surface area contributed by atoms with E-state index in [4.69, 9.17) is 10.8 Å². The fourth-order valence-electron chi connectivity index (χ4n) is 2.45. The molecule has 0 saturated carbocycles. The minimum Gasteiger partial charge on any atom is -0.465 e. The van der Waals surface area contributed by atoms with Gasteiger partial charge in [0, 0.05) is 29.5 Å². The zero-order chi connectivity index (χ0) is 16.4. The Morgan fingerprint density at radius 2 is 2.17 bits per heavy atom. The third-order valence-corrected chi connectivity index (χ3v) is 3.55. The quantitative estimate of drug-likeness (QED) is 0.685. The van der Waals surface area contributed by atoms with Gasteiger partial charge in [0.15, 0.2) is 0 Å². The minimum absolute atomic E-state index is 0.239. The number of hydrogen-bond donors (Lipinski definition) is 3. The van der Waals surface area contributed by atoms with Crippen molar-refractivity contribution in [1.29, 1.82) is 0 Å². The second kappa shape index (κ2) is 5.88. The van der Waals surface area contributed by atoms with Gasteiger partial charge in [0.2, 0.25) is 0 Å². The molecule has 116 valence electrons. The second-order valence-electron chi connectivity index (χ2n) is 5.00. The van der Waals surface area contributed by atoms with Crippen molar-refractivity contribution in [3.05, 3.63) is 42.4 Å². The summed E-state index contributed by atoms with van der Waals surface area (Å²) in [6, 6.07) is 5.44. The van der Waals surface area contributed by atoms with E-state index in [-0.39, 0.29) is 5.82 Å². The van der Waals surface area contributed by atoms with E-state index in [0.717, 1.165) is 22.9 Å². The Kier molecular flexibility index (Phi) is 3.76. The molecule has 0 spiro atoms. The van der Waals surface area contributed by atoms with Crippen LogP contribution in [0.15, 0.2) is 36.8 Å². The summed E-state index contributed by atoms with van der Waals surface area (Å²) >= 11 is 0. The van der Waals surface area contributed by atoms with E-state index in [2.05, 4.69) is 27.2 Å². The van der Waals surface area contributed by atoms with Gasteiger partial charge in [-0.15, -0.1) is 0 Å². The molecule has 7 nitrogen and oxygen atoms in total. The number of nitrogens with two attached hydrogens (primary N) is 1. The fourth-order valence-corrected chi connectivity index (χ4v) is 2.45. The van der Waals surface area contributed by atoms with Crippen molar-refractivity contribution in [2.75, 3.05) is 11.1 Å². The molecule has 4 N–H and O–H groups in total. The number of fused-ring (bicyclic) bond motifs is 1. The third-order valence-electron chi connectivity index (χ3n) is 3.55. The number of nitrogens with one attached hydrogen (secondary N) is 1. The number of rotatable bonds is 3. The van der Waals surface area contributed by atoms with Gasteiger partial charge in [0.1, 0.15) is 11.6 Å². The number of pyridine rings is 3. The van der Waals surface area contributed by atoms with Crippen molar-refractivity contribution >= 4 is 28.5 Å². The van der Waals surface area contributed by atoms with Gasteiger partial charge in [0.25, 0.3) is 0 Å². The second-order valence-corrected chi connectivity index (χ2v) is 5.00. The molecule has 0 aliphatic rings. The Labute approximate surface area is 132 Å². The molecule has 0 bridgehead atoms. The van der Waals surface area contributed by atoms with E-state index in [9.17, 15) is 4.79 Å². The predicted octanol–water partition coefficient (Wildman–Crippen LogP) is 2.93. The monoisotopic (exact) mass is 309 g/mol. The third kappa shape index (κ3) is 2.89. The van der Waals surface area contributed by atoms with Gasteiger partial charge < -0.3 is 10.8 Å². The van der Waals surface area contributed by atoms with E-state index in [1.54, 1.807) is 18.5 Å². The molecule has 0 unspecified atom stereocenters. The highest BCUT2D eigenvalue weighted by molar-refractivity contribution is 5.95. The number of nitrogens with zero attached hydrogens (tertiary/aromatic N) is 3. The molecule has 1 amide bonds. The van der Waals surface area contributed by atoms with Gasteiger partial charge in [-0.05, 0) is 35.6 Å². The van der Waals surface area contributed by atoms with E-state index >= 15 is 0 Å². The number of amides is 1. The Morgan fingerprint density at radius 3 is 2.91 bits per heavy atom. The zero-order valence-corrected chi connectivity index (χ0v) is 12.4. The maximum absolute atomic E-state index is 10.7. The molecule has 3 aromatic heterocycles. The lowest BCUT2D eigenvalue weighted by Gasteiger charge is -2.10. The van der Waals surface area contributed by atoms with Crippen LogP contribution in [0.1, 0.15) is 12.5 Å². The SMILES string of the molecule is CCc1ccncc1-c1cc2cc(NC(=O)O)ncc2c(N)n1. The number of hydrogen-bond acceptors (Lipinski definition) is 5. The highest BCUT2D eigenvalue weighted by atomic mass is 16.4. The van der Waals surface area contributed by atoms with E-state index < -0.39 is 6.09 Å². The van der Waals surface area contributed by atoms with Crippen LogP contribution in [0, 0.1) is 0 Å². The van der Waals surface area contributed by atoms with E-state index in [1.807, 2.05) is 12.1 Å². The van der Waals surface area contributed by atoms with Gasteiger partial charge >= 0.3 is 6.09 Å². The molecule has 23 heavy (non-hydrogen) atoms. The zero-order valence-electron chi connectivity index (χ0n) is 12.4. The topological polar surface area (TPSA) is 114 Å². The largest absolute Gasteiger partial charge is 0.465 e. The average Bonchev–Trinajstić information content (AvgIpc) is 2.53. The van der Waals surface area contributed by atoms with Crippen LogP contribution in [0.3, 0.4) is 0 Å². The number of anilines is 2. The summed E-state index contributed by atoms with van der Waals surface area (Å²) < 4.78 is 0. The van der Waals surface area contributed by atoms with Gasteiger partial charge in [0.05, 0.1) is 5.69 Å². The number of aromatic nitrogens is 3. The Morgan fingerprint density at radius 1 is 1.35 bits per heavy atom. The number of nitrogen functional groups attached to an aromatic ring is 1. The van der Waals surface area contributed by atoms with Crippen LogP contribution in [0.5, 0.6) is 0 Å². The van der Waals surface area contributed by atoms with E-state index in [0.29, 0.717) is 16.9 Å². The van der Waals surface area contributed by atoms with Gasteiger partial charge in [-0.2, -0.15) is 0 Å². The Bertz CT molecular complexity index is 895. The predicted molar refractivity (Wildman–Crippen MR) is 88.2 cm³/mol. The lowest BCUT2D eigenvalue weighted by molar-refractivity contribution is 0.209. The van der Waals surface area contributed by atoms with Crippen molar-refractivity contribution in [3.8, 4) is 11.3 Å². The fraction of sp³-hybridized carbons (Fsp3) is 0.125. The van der Waals surface area contributed by atoms with Gasteiger partial charge in [-0.25, -0.2) is 14.8 Å². The van der Waals surface area contributed by atoms with Crippen LogP contribution >= 0.6 is 0 Å². The summed E-state index contributed by atoms with van der Waals surface area (Å²) in [6.45, 7) is 2.06. The molecule has 3 rings (SSSR count). The van der Waals surface area contributed by atoms with E-state index in [1.165, 1.54) is 6.20 Å². The first kappa shape index (κ1) is 14.7. The van der Waals surface area contributed by atoms with Crippen molar-refractivity contribution < 1.29 is 9.90 Å². The minimum atomic E-state index is -1.17. The van der Waals surface area contributed by atoms with Crippen LogP contribution in [0.4, 0.5) is 16.4 Å². The number of carboxylic acid groups (broad SMARTS) is 1. The molecular weight excluding hydrogens is 294 g/mol. The first-order valence-electron chi connectivity index (χ1n) is 7.08. The van der Waals surface area contributed by atoms with Crippen molar-refractivity contribution in [1.82, 2.24) is 15.0 Å². The van der Waals surface area contributed by atoms with Gasteiger partial charge in [-0.1, -0.05) is 6.92 Å². The molecule has 0 aliphatic heterocycles. The molecular formula is C16H15N5O2. The van der Waals surface area contributed by atoms with Crippen LogP contribution in [0.2, 0.25) is 0 Å². The number of aryl methyl sites for hydroxylation is 1. The molecule has 0 fully saturated rings. The summed E-state index contributed by atoms with van der Waals surface area (Å²) in [6.07, 6.45) is 4.69. The maximum atomic E-state index is 10.7. The lowest BCUT2D eigenvalue weighted by atomic mass is 10.0. The first-order chi connectivity index (χ1) is 11.1. The Hall–Kier alpha value is -3.22. The molecule has 0 saturated heterocycles. The smallest absolute Gasteiger partial charge is 0.410 e. The molecule has 0 aliphatic carbocycles. The maximum Gasteiger partial charge on any atom is 0.410 e.